The molecule has 5 aliphatic rings. The van der Waals surface area contributed by atoms with E-state index in [-0.39, 0.29) is 52.0 Å². The molecular formula is C33H30F3N3O5S2. The number of piperidine rings is 1. The summed E-state index contributed by atoms with van der Waals surface area (Å²) in [4.78, 5) is 59.6. The van der Waals surface area contributed by atoms with Gasteiger partial charge in [-0.05, 0) is 79.3 Å². The minimum atomic E-state index is -4.61. The second-order valence-electron chi connectivity index (χ2n) is 12.8. The number of aromatic amines is 1. The Morgan fingerprint density at radius 3 is 2.46 bits per heavy atom. The van der Waals surface area contributed by atoms with Crippen LogP contribution in [0.3, 0.4) is 0 Å². The fourth-order valence-corrected chi connectivity index (χ4v) is 11.5. The fraction of sp³-hybridized carbons (Fsp3) is 0.455. The Kier molecular flexibility index (Phi) is 7.13. The van der Waals surface area contributed by atoms with Gasteiger partial charge < -0.3 is 14.6 Å². The van der Waals surface area contributed by atoms with Crippen molar-refractivity contribution in [2.45, 2.75) is 48.1 Å². The number of hydrogen-bond donors (Lipinski definition) is 1. The van der Waals surface area contributed by atoms with Gasteiger partial charge in [0.2, 0.25) is 11.8 Å². The normalized spacial score (nSPS) is 29.9. The summed E-state index contributed by atoms with van der Waals surface area (Å²) in [5.74, 6) is -2.39. The van der Waals surface area contributed by atoms with Gasteiger partial charge in [-0.25, -0.2) is 0 Å². The quantitative estimate of drug-likeness (QED) is 0.359. The van der Waals surface area contributed by atoms with E-state index in [1.54, 1.807) is 17.8 Å². The Labute approximate surface area is 270 Å². The Hall–Kier alpha value is -3.58. The Morgan fingerprint density at radius 1 is 0.957 bits per heavy atom. The zero-order valence-electron chi connectivity index (χ0n) is 24.5. The largest absolute Gasteiger partial charge is 0.484 e. The number of carbonyl (C=O) groups is 3. The summed E-state index contributed by atoms with van der Waals surface area (Å²) in [7, 11) is 0. The number of fused-ring (bicyclic) bond motifs is 9. The van der Waals surface area contributed by atoms with Crippen molar-refractivity contribution in [3.8, 4) is 5.75 Å². The molecule has 3 aliphatic heterocycles. The molecule has 2 saturated carbocycles. The van der Waals surface area contributed by atoms with E-state index in [1.807, 2.05) is 23.1 Å². The van der Waals surface area contributed by atoms with Crippen molar-refractivity contribution >= 4 is 46.5 Å². The van der Waals surface area contributed by atoms with Gasteiger partial charge >= 0.3 is 11.0 Å². The van der Waals surface area contributed by atoms with Crippen molar-refractivity contribution in [1.29, 1.82) is 0 Å². The number of thiazole rings is 1. The highest BCUT2D eigenvalue weighted by Crippen LogP contribution is 2.68. The first-order valence-corrected chi connectivity index (χ1v) is 17.2. The van der Waals surface area contributed by atoms with Crippen LogP contribution < -0.4 is 14.5 Å². The molecule has 4 heterocycles. The predicted octanol–water partition coefficient (Wildman–Crippen LogP) is 5.52. The first kappa shape index (κ1) is 29.8. The Balaban J connectivity index is 1.11. The third-order valence-corrected chi connectivity index (χ3v) is 13.0. The number of aromatic nitrogens is 1. The molecule has 13 heteroatoms. The van der Waals surface area contributed by atoms with Gasteiger partial charge in [-0.3, -0.25) is 24.1 Å². The number of likely N-dealkylation sites (tertiary alicyclic amines) is 1. The lowest BCUT2D eigenvalue weighted by atomic mass is 9.68. The molecule has 1 N–H and O–H groups in total. The summed E-state index contributed by atoms with van der Waals surface area (Å²) < 4.78 is 46.5. The molecule has 8 nitrogen and oxygen atoms in total. The van der Waals surface area contributed by atoms with Crippen LogP contribution in [0.15, 0.2) is 58.4 Å². The molecule has 240 valence electrons. The number of H-pyrrole nitrogens is 1. The lowest BCUT2D eigenvalue weighted by Crippen LogP contribution is -2.42. The molecule has 3 aromatic rings. The van der Waals surface area contributed by atoms with Gasteiger partial charge in [-0.1, -0.05) is 29.5 Å². The molecule has 3 amide bonds. The van der Waals surface area contributed by atoms with Crippen LogP contribution in [0.4, 0.5) is 18.9 Å². The average Bonchev–Trinajstić information content (AvgIpc) is 3.78. The molecule has 8 rings (SSSR count). The molecular weight excluding hydrogens is 640 g/mol. The maximum absolute atomic E-state index is 14.0. The van der Waals surface area contributed by atoms with Gasteiger partial charge in [0.1, 0.15) is 5.75 Å². The third kappa shape index (κ3) is 4.71. The number of ether oxygens (including phenoxy) is 1. The molecule has 4 fully saturated rings. The van der Waals surface area contributed by atoms with Crippen LogP contribution in [0, 0.1) is 29.6 Å². The van der Waals surface area contributed by atoms with Crippen LogP contribution in [-0.4, -0.2) is 52.6 Å². The van der Waals surface area contributed by atoms with Crippen molar-refractivity contribution in [1.82, 2.24) is 9.88 Å². The third-order valence-electron chi connectivity index (χ3n) is 10.4. The van der Waals surface area contributed by atoms with Crippen LogP contribution in [0.25, 0.3) is 0 Å². The Morgan fingerprint density at radius 2 is 1.70 bits per heavy atom. The minimum Gasteiger partial charge on any atom is -0.484 e. The maximum Gasteiger partial charge on any atom is 0.416 e. The van der Waals surface area contributed by atoms with Crippen LogP contribution in [0.2, 0.25) is 0 Å². The van der Waals surface area contributed by atoms with E-state index < -0.39 is 35.4 Å². The van der Waals surface area contributed by atoms with Gasteiger partial charge in [0.25, 0.3) is 5.91 Å². The first-order chi connectivity index (χ1) is 22.1. The smallest absolute Gasteiger partial charge is 0.416 e. The van der Waals surface area contributed by atoms with Gasteiger partial charge in [-0.15, -0.1) is 11.8 Å². The van der Waals surface area contributed by atoms with Gasteiger partial charge in [0.15, 0.2) is 6.61 Å². The number of amides is 3. The fourth-order valence-electron chi connectivity index (χ4n) is 8.64. The molecule has 2 saturated heterocycles. The SMILES string of the molecule is O=C(COc1cccc([C@@H]2c3sc(=O)[nH]c3S[C@@H]3[C@@H]4C[C@@H]([C@@H]5C(=O)N(c6cccc(C(F)(F)F)c6)C(=O)[C@@H]45)[C@H]23)c1)N1CCCCC1. The summed E-state index contributed by atoms with van der Waals surface area (Å²) in [6.07, 6.45) is -0.860. The number of hydrogen-bond acceptors (Lipinski definition) is 7. The van der Waals surface area contributed by atoms with Crippen LogP contribution in [0.5, 0.6) is 5.75 Å². The number of nitrogens with one attached hydrogen (secondary N) is 1. The van der Waals surface area contributed by atoms with E-state index in [1.165, 1.54) is 12.1 Å². The molecule has 2 bridgehead atoms. The summed E-state index contributed by atoms with van der Waals surface area (Å²) in [5.41, 5.74) is -0.0773. The van der Waals surface area contributed by atoms with Crippen molar-refractivity contribution < 1.29 is 32.3 Å². The predicted molar refractivity (Wildman–Crippen MR) is 165 cm³/mol. The molecule has 7 atom stereocenters. The van der Waals surface area contributed by atoms with Gasteiger partial charge in [0.05, 0.1) is 28.1 Å². The molecule has 0 radical (unpaired) electrons. The topological polar surface area (TPSA) is 99.8 Å². The van der Waals surface area contributed by atoms with Crippen molar-refractivity contribution in [2.75, 3.05) is 24.6 Å². The van der Waals surface area contributed by atoms with Crippen molar-refractivity contribution in [3.05, 3.63) is 74.2 Å². The second kappa shape index (κ2) is 11.0. The highest BCUT2D eigenvalue weighted by atomic mass is 32.2. The van der Waals surface area contributed by atoms with Crippen LogP contribution in [-0.2, 0) is 20.6 Å². The van der Waals surface area contributed by atoms with E-state index in [0.29, 0.717) is 12.2 Å². The number of carbonyl (C=O) groups excluding carboxylic acids is 3. The number of thioether (sulfide) groups is 1. The number of imide groups is 1. The van der Waals surface area contributed by atoms with Crippen molar-refractivity contribution in [2.24, 2.45) is 29.6 Å². The molecule has 0 spiro atoms. The monoisotopic (exact) mass is 669 g/mol. The summed E-state index contributed by atoms with van der Waals surface area (Å²) >= 11 is 2.68. The van der Waals surface area contributed by atoms with E-state index in [2.05, 4.69) is 4.98 Å². The van der Waals surface area contributed by atoms with Crippen LogP contribution >= 0.6 is 23.1 Å². The van der Waals surface area contributed by atoms with Gasteiger partial charge in [-0.2, -0.15) is 13.2 Å². The van der Waals surface area contributed by atoms with E-state index in [4.69, 9.17) is 4.74 Å². The molecule has 2 aromatic carbocycles. The molecule has 2 aliphatic carbocycles. The minimum absolute atomic E-state index is 0.0562. The number of rotatable bonds is 5. The van der Waals surface area contributed by atoms with E-state index in [9.17, 15) is 32.3 Å². The lowest BCUT2D eigenvalue weighted by Gasteiger charge is -2.43. The summed E-state index contributed by atoms with van der Waals surface area (Å²) in [5, 5.41) is 0.681. The molecule has 46 heavy (non-hydrogen) atoms. The standard InChI is InChI=1S/C33H30F3N3O5S2/c34-33(35,36)17-7-5-8-18(13-17)39-30(41)25-20-14-21(26(25)31(39)42)27-24(20)23(28-29(45-27)37-32(43)46-28)16-6-4-9-19(12-16)44-15-22(40)38-10-2-1-3-11-38/h4-9,12-13,20-21,23-27H,1-3,10-11,14-15H2,(H,37,43)/t20-,21-,23+,24-,25+,26+,27-/m1/s1. The van der Waals surface area contributed by atoms with Gasteiger partial charge in [0, 0.05) is 29.1 Å². The maximum atomic E-state index is 14.0. The number of anilines is 1. The van der Waals surface area contributed by atoms with E-state index in [0.717, 1.165) is 76.2 Å². The molecule has 1 aromatic heterocycles. The number of nitrogens with zero attached hydrogens (tertiary/aromatic N) is 2. The second-order valence-corrected chi connectivity index (χ2v) is 15.0. The van der Waals surface area contributed by atoms with Crippen molar-refractivity contribution in [3.63, 3.8) is 0 Å². The lowest BCUT2D eigenvalue weighted by molar-refractivity contribution is -0.137. The Bertz CT molecular complexity index is 1800. The van der Waals surface area contributed by atoms with E-state index >= 15 is 0 Å². The summed E-state index contributed by atoms with van der Waals surface area (Å²) in [6.45, 7) is 1.39. The summed E-state index contributed by atoms with van der Waals surface area (Å²) in [6, 6.07) is 11.9. The highest BCUT2D eigenvalue weighted by Gasteiger charge is 2.69. The van der Waals surface area contributed by atoms with Crippen LogP contribution in [0.1, 0.15) is 47.6 Å². The molecule has 0 unspecified atom stereocenters. The first-order valence-electron chi connectivity index (χ1n) is 15.6. The zero-order valence-corrected chi connectivity index (χ0v) is 26.1. The number of benzene rings is 2. The number of alkyl halides is 3. The zero-order chi connectivity index (χ0) is 31.9. The average molecular weight is 670 g/mol. The highest BCUT2D eigenvalue weighted by molar-refractivity contribution is 8.00. The number of halogens is 3.